The molecule has 0 unspecified atom stereocenters. The molecule has 1 aromatic carbocycles. The number of rotatable bonds is 5. The minimum Gasteiger partial charge on any atom is -0.365 e. The summed E-state index contributed by atoms with van der Waals surface area (Å²) in [6, 6.07) is 9.10. The number of benzene rings is 1. The van der Waals surface area contributed by atoms with Crippen LogP contribution in [0.2, 0.25) is 5.02 Å². The van der Waals surface area contributed by atoms with Crippen LogP contribution in [0.15, 0.2) is 55.1 Å². The van der Waals surface area contributed by atoms with Gasteiger partial charge in [0.25, 0.3) is 5.91 Å². The summed E-state index contributed by atoms with van der Waals surface area (Å²) in [5, 5.41) is 6.57. The second-order valence-electron chi connectivity index (χ2n) is 5.41. The van der Waals surface area contributed by atoms with Gasteiger partial charge in [0, 0.05) is 29.6 Å². The molecule has 0 aliphatic heterocycles. The number of hydrogen-bond acceptors (Lipinski definition) is 5. The molecule has 2 aromatic heterocycles. The van der Waals surface area contributed by atoms with Gasteiger partial charge in [-0.1, -0.05) is 11.6 Å². The predicted octanol–water partition coefficient (Wildman–Crippen LogP) is 3.70. The maximum atomic E-state index is 12.3. The van der Waals surface area contributed by atoms with Gasteiger partial charge in [-0.3, -0.25) is 9.78 Å². The molecule has 25 heavy (non-hydrogen) atoms. The molecule has 2 heterocycles. The van der Waals surface area contributed by atoms with Gasteiger partial charge in [0.15, 0.2) is 0 Å². The van der Waals surface area contributed by atoms with E-state index in [1.54, 1.807) is 30.6 Å². The largest absolute Gasteiger partial charge is 0.365 e. The van der Waals surface area contributed by atoms with E-state index in [1.807, 2.05) is 19.1 Å². The highest BCUT2D eigenvalue weighted by molar-refractivity contribution is 6.30. The van der Waals surface area contributed by atoms with E-state index in [0.29, 0.717) is 23.1 Å². The van der Waals surface area contributed by atoms with Crippen molar-refractivity contribution in [2.24, 2.45) is 0 Å². The van der Waals surface area contributed by atoms with Crippen molar-refractivity contribution in [3.8, 4) is 0 Å². The van der Waals surface area contributed by atoms with Gasteiger partial charge in [-0.05, 0) is 48.4 Å². The van der Waals surface area contributed by atoms with Crippen LogP contribution in [0.1, 0.15) is 21.6 Å². The topological polar surface area (TPSA) is 79.8 Å². The number of aromatic nitrogens is 3. The maximum Gasteiger partial charge on any atom is 0.275 e. The van der Waals surface area contributed by atoms with Crippen molar-refractivity contribution < 1.29 is 4.79 Å². The zero-order valence-electron chi connectivity index (χ0n) is 13.5. The van der Waals surface area contributed by atoms with Gasteiger partial charge in [-0.15, -0.1) is 0 Å². The van der Waals surface area contributed by atoms with E-state index in [-0.39, 0.29) is 11.6 Å². The minimum atomic E-state index is -0.321. The zero-order chi connectivity index (χ0) is 17.6. The van der Waals surface area contributed by atoms with Crippen molar-refractivity contribution in [1.29, 1.82) is 0 Å². The quantitative estimate of drug-likeness (QED) is 0.731. The van der Waals surface area contributed by atoms with Crippen LogP contribution in [0.4, 0.5) is 11.5 Å². The number of pyridine rings is 1. The second-order valence-corrected chi connectivity index (χ2v) is 5.85. The lowest BCUT2D eigenvalue weighted by molar-refractivity contribution is 0.102. The number of carbonyl (C=O) groups excluding carboxylic acids is 1. The maximum absolute atomic E-state index is 12.3. The molecular formula is C18H16ClN5O. The molecule has 0 saturated heterocycles. The van der Waals surface area contributed by atoms with Crippen molar-refractivity contribution in [2.75, 3.05) is 10.6 Å². The van der Waals surface area contributed by atoms with Crippen LogP contribution in [0.25, 0.3) is 0 Å². The Morgan fingerprint density at radius 2 is 1.92 bits per heavy atom. The monoisotopic (exact) mass is 353 g/mol. The summed E-state index contributed by atoms with van der Waals surface area (Å²) in [6.45, 7) is 2.48. The summed E-state index contributed by atoms with van der Waals surface area (Å²) in [4.78, 5) is 24.6. The van der Waals surface area contributed by atoms with E-state index in [9.17, 15) is 4.79 Å². The molecule has 0 atom stereocenters. The molecule has 126 valence electrons. The van der Waals surface area contributed by atoms with Crippen molar-refractivity contribution in [2.45, 2.75) is 13.5 Å². The number of aryl methyl sites for hydroxylation is 1. The molecule has 0 bridgehead atoms. The second kappa shape index (κ2) is 7.72. The summed E-state index contributed by atoms with van der Waals surface area (Å²) in [5.41, 5.74) is 2.89. The third kappa shape index (κ3) is 4.51. The van der Waals surface area contributed by atoms with Crippen LogP contribution >= 0.6 is 11.6 Å². The molecule has 0 aliphatic rings. The normalized spacial score (nSPS) is 10.3. The van der Waals surface area contributed by atoms with Crippen molar-refractivity contribution in [1.82, 2.24) is 15.0 Å². The lowest BCUT2D eigenvalue weighted by Gasteiger charge is -2.09. The molecule has 7 heteroatoms. The smallest absolute Gasteiger partial charge is 0.275 e. The Bertz CT molecular complexity index is 868. The van der Waals surface area contributed by atoms with Crippen LogP contribution in [0.3, 0.4) is 0 Å². The Labute approximate surface area is 150 Å². The Kier molecular flexibility index (Phi) is 5.20. The Morgan fingerprint density at radius 1 is 1.12 bits per heavy atom. The third-order valence-electron chi connectivity index (χ3n) is 3.54. The highest BCUT2D eigenvalue weighted by atomic mass is 35.5. The van der Waals surface area contributed by atoms with Crippen LogP contribution in [0.5, 0.6) is 0 Å². The standard InChI is InChI=1S/C18H16ClN5O/c1-12-8-14(19)2-3-15(12)24-18(25)16-10-23-17(11-21-16)22-9-13-4-6-20-7-5-13/h2-8,10-11H,9H2,1H3,(H,22,23)(H,24,25). The summed E-state index contributed by atoms with van der Waals surface area (Å²) < 4.78 is 0. The molecule has 0 fully saturated rings. The first kappa shape index (κ1) is 16.9. The average Bonchev–Trinajstić information content (AvgIpc) is 2.63. The lowest BCUT2D eigenvalue weighted by Crippen LogP contribution is -2.15. The third-order valence-corrected chi connectivity index (χ3v) is 3.78. The first-order chi connectivity index (χ1) is 12.1. The van der Waals surface area contributed by atoms with Crippen LogP contribution in [-0.4, -0.2) is 20.9 Å². The van der Waals surface area contributed by atoms with Crippen LogP contribution in [-0.2, 0) is 6.54 Å². The van der Waals surface area contributed by atoms with Crippen molar-refractivity contribution >= 4 is 29.0 Å². The molecule has 0 saturated carbocycles. The highest BCUT2D eigenvalue weighted by Crippen LogP contribution is 2.20. The van der Waals surface area contributed by atoms with Gasteiger partial charge in [0.05, 0.1) is 12.4 Å². The van der Waals surface area contributed by atoms with Gasteiger partial charge < -0.3 is 10.6 Å². The van der Waals surface area contributed by atoms with E-state index < -0.39 is 0 Å². The summed E-state index contributed by atoms with van der Waals surface area (Å²) in [7, 11) is 0. The molecule has 2 N–H and O–H groups in total. The molecule has 0 radical (unpaired) electrons. The van der Waals surface area contributed by atoms with Crippen LogP contribution < -0.4 is 10.6 Å². The van der Waals surface area contributed by atoms with Gasteiger partial charge >= 0.3 is 0 Å². The van der Waals surface area contributed by atoms with Crippen molar-refractivity contribution in [3.05, 3.63) is 77.0 Å². The Morgan fingerprint density at radius 3 is 2.60 bits per heavy atom. The predicted molar refractivity (Wildman–Crippen MR) is 97.7 cm³/mol. The van der Waals surface area contributed by atoms with Crippen LogP contribution in [0, 0.1) is 6.92 Å². The molecule has 0 spiro atoms. The molecule has 1 amide bonds. The van der Waals surface area contributed by atoms with Gasteiger partial charge in [-0.25, -0.2) is 9.97 Å². The number of carbonyl (C=O) groups is 1. The number of anilines is 2. The van der Waals surface area contributed by atoms with E-state index in [0.717, 1.165) is 11.1 Å². The van der Waals surface area contributed by atoms with Gasteiger partial charge in [-0.2, -0.15) is 0 Å². The zero-order valence-corrected chi connectivity index (χ0v) is 14.3. The summed E-state index contributed by atoms with van der Waals surface area (Å²) >= 11 is 5.92. The number of nitrogens with one attached hydrogen (secondary N) is 2. The van der Waals surface area contributed by atoms with Gasteiger partial charge in [0.1, 0.15) is 11.5 Å². The molecule has 6 nitrogen and oxygen atoms in total. The molecule has 3 aromatic rings. The Balaban J connectivity index is 1.62. The van der Waals surface area contributed by atoms with E-state index in [1.165, 1.54) is 12.4 Å². The van der Waals surface area contributed by atoms with Gasteiger partial charge in [0.2, 0.25) is 0 Å². The fraction of sp³-hybridized carbons (Fsp3) is 0.111. The number of halogens is 1. The fourth-order valence-electron chi connectivity index (χ4n) is 2.18. The highest BCUT2D eigenvalue weighted by Gasteiger charge is 2.10. The van der Waals surface area contributed by atoms with E-state index in [4.69, 9.17) is 11.6 Å². The van der Waals surface area contributed by atoms with E-state index >= 15 is 0 Å². The summed E-state index contributed by atoms with van der Waals surface area (Å²) in [5.74, 6) is 0.273. The first-order valence-corrected chi connectivity index (χ1v) is 8.02. The summed E-state index contributed by atoms with van der Waals surface area (Å²) in [6.07, 6.45) is 6.43. The van der Waals surface area contributed by atoms with E-state index in [2.05, 4.69) is 25.6 Å². The first-order valence-electron chi connectivity index (χ1n) is 7.64. The SMILES string of the molecule is Cc1cc(Cl)ccc1NC(=O)c1cnc(NCc2ccncc2)cn1. The number of nitrogens with zero attached hydrogens (tertiary/aromatic N) is 3. The molecule has 3 rings (SSSR count). The number of amides is 1. The lowest BCUT2D eigenvalue weighted by atomic mass is 10.2. The average molecular weight is 354 g/mol. The van der Waals surface area contributed by atoms with Crippen molar-refractivity contribution in [3.63, 3.8) is 0 Å². The molecular weight excluding hydrogens is 338 g/mol. The minimum absolute atomic E-state index is 0.240. The molecule has 0 aliphatic carbocycles. The number of hydrogen-bond donors (Lipinski definition) is 2. The fourth-order valence-corrected chi connectivity index (χ4v) is 2.41. The Hall–Kier alpha value is -2.99.